The number of nitrogens with zero attached hydrogens (tertiary/aromatic N) is 1. The van der Waals surface area contributed by atoms with Crippen LogP contribution in [0.1, 0.15) is 16.1 Å². The Hall–Kier alpha value is -2.82. The number of amides is 1. The lowest BCUT2D eigenvalue weighted by Crippen LogP contribution is -2.12. The monoisotopic (exact) mass is 266 g/mol. The third kappa shape index (κ3) is 2.33. The molecule has 0 aliphatic carbocycles. The highest BCUT2D eigenvalue weighted by atomic mass is 16.1. The molecule has 5 heteroatoms. The van der Waals surface area contributed by atoms with Crippen molar-refractivity contribution in [3.05, 3.63) is 60.3 Å². The molecule has 5 nitrogen and oxygen atoms in total. The van der Waals surface area contributed by atoms with Crippen LogP contribution in [0.5, 0.6) is 0 Å². The molecule has 0 bridgehead atoms. The summed E-state index contributed by atoms with van der Waals surface area (Å²) in [5, 5.41) is 2.89. The van der Waals surface area contributed by atoms with E-state index in [1.165, 1.54) is 0 Å². The Balaban J connectivity index is 1.83. The predicted octanol–water partition coefficient (Wildman–Crippen LogP) is 2.97. The molecular formula is C15H14N4O. The molecule has 0 aliphatic heterocycles. The predicted molar refractivity (Wildman–Crippen MR) is 77.5 cm³/mol. The van der Waals surface area contributed by atoms with Gasteiger partial charge in [-0.1, -0.05) is 12.1 Å². The average molecular weight is 266 g/mol. The maximum Gasteiger partial charge on any atom is 0.257 e. The molecule has 2 heterocycles. The van der Waals surface area contributed by atoms with Gasteiger partial charge in [0.25, 0.3) is 5.91 Å². The van der Waals surface area contributed by atoms with Gasteiger partial charge < -0.3 is 15.3 Å². The van der Waals surface area contributed by atoms with Gasteiger partial charge in [0.15, 0.2) is 0 Å². The molecule has 0 spiro atoms. The van der Waals surface area contributed by atoms with Crippen LogP contribution >= 0.6 is 0 Å². The molecule has 0 atom stereocenters. The number of benzene rings is 1. The summed E-state index contributed by atoms with van der Waals surface area (Å²) in [6.07, 6.45) is 5.13. The third-order valence-electron chi connectivity index (χ3n) is 3.13. The Bertz CT molecular complexity index is 728. The van der Waals surface area contributed by atoms with Gasteiger partial charge in [0, 0.05) is 23.1 Å². The fraction of sp³-hybridized carbons (Fsp3) is 0.0667. The van der Waals surface area contributed by atoms with Gasteiger partial charge >= 0.3 is 0 Å². The SMILES string of the molecule is Cc1[nH]ccc1C(=O)Nc1cccc(-c2cnc[nH]2)c1. The maximum absolute atomic E-state index is 12.1. The minimum atomic E-state index is -0.120. The average Bonchev–Trinajstić information content (AvgIpc) is 3.09. The molecule has 0 aliphatic rings. The number of hydrogen-bond acceptors (Lipinski definition) is 2. The van der Waals surface area contributed by atoms with Gasteiger partial charge in [0.05, 0.1) is 23.8 Å². The Morgan fingerprint density at radius 1 is 1.25 bits per heavy atom. The highest BCUT2D eigenvalue weighted by molar-refractivity contribution is 6.05. The lowest BCUT2D eigenvalue weighted by molar-refractivity contribution is 0.102. The number of aromatic amines is 2. The van der Waals surface area contributed by atoms with Crippen molar-refractivity contribution in [3.8, 4) is 11.3 Å². The topological polar surface area (TPSA) is 73.6 Å². The van der Waals surface area contributed by atoms with Crippen LogP contribution in [0.25, 0.3) is 11.3 Å². The fourth-order valence-electron chi connectivity index (χ4n) is 2.08. The van der Waals surface area contributed by atoms with Crippen LogP contribution in [0.4, 0.5) is 5.69 Å². The summed E-state index contributed by atoms with van der Waals surface area (Å²) in [6, 6.07) is 9.40. The molecule has 1 amide bonds. The zero-order valence-electron chi connectivity index (χ0n) is 11.0. The van der Waals surface area contributed by atoms with Crippen LogP contribution in [-0.4, -0.2) is 20.9 Å². The van der Waals surface area contributed by atoms with Crippen LogP contribution in [0.3, 0.4) is 0 Å². The van der Waals surface area contributed by atoms with Crippen molar-refractivity contribution in [2.24, 2.45) is 0 Å². The Morgan fingerprint density at radius 2 is 2.15 bits per heavy atom. The fourth-order valence-corrected chi connectivity index (χ4v) is 2.08. The molecule has 3 aromatic rings. The van der Waals surface area contributed by atoms with Crippen molar-refractivity contribution < 1.29 is 4.79 Å². The molecule has 0 fully saturated rings. The minimum Gasteiger partial charge on any atom is -0.365 e. The van der Waals surface area contributed by atoms with E-state index < -0.39 is 0 Å². The number of carbonyl (C=O) groups is 1. The van der Waals surface area contributed by atoms with E-state index in [0.717, 1.165) is 22.6 Å². The van der Waals surface area contributed by atoms with E-state index in [1.54, 1.807) is 24.8 Å². The van der Waals surface area contributed by atoms with Crippen LogP contribution in [0, 0.1) is 6.92 Å². The second-order valence-corrected chi connectivity index (χ2v) is 4.52. The van der Waals surface area contributed by atoms with Crippen molar-refractivity contribution in [3.63, 3.8) is 0 Å². The Kier molecular flexibility index (Phi) is 3.09. The highest BCUT2D eigenvalue weighted by Crippen LogP contribution is 2.20. The van der Waals surface area contributed by atoms with Crippen molar-refractivity contribution >= 4 is 11.6 Å². The molecule has 20 heavy (non-hydrogen) atoms. The summed E-state index contributed by atoms with van der Waals surface area (Å²) >= 11 is 0. The van der Waals surface area contributed by atoms with Gasteiger partial charge in [-0.3, -0.25) is 4.79 Å². The van der Waals surface area contributed by atoms with E-state index in [9.17, 15) is 4.79 Å². The van der Waals surface area contributed by atoms with E-state index >= 15 is 0 Å². The normalized spacial score (nSPS) is 10.4. The number of imidazole rings is 1. The lowest BCUT2D eigenvalue weighted by atomic mass is 10.1. The highest BCUT2D eigenvalue weighted by Gasteiger charge is 2.10. The summed E-state index contributed by atoms with van der Waals surface area (Å²) in [4.78, 5) is 22.2. The summed E-state index contributed by atoms with van der Waals surface area (Å²) < 4.78 is 0. The van der Waals surface area contributed by atoms with Gasteiger partial charge in [0.2, 0.25) is 0 Å². The molecule has 0 saturated carbocycles. The lowest BCUT2D eigenvalue weighted by Gasteiger charge is -2.06. The van der Waals surface area contributed by atoms with Crippen LogP contribution < -0.4 is 5.32 Å². The summed E-state index contributed by atoms with van der Waals surface area (Å²) in [6.45, 7) is 1.87. The number of H-pyrrole nitrogens is 2. The van der Waals surface area contributed by atoms with Gasteiger partial charge in [-0.15, -0.1) is 0 Å². The van der Waals surface area contributed by atoms with Gasteiger partial charge in [-0.2, -0.15) is 0 Å². The van der Waals surface area contributed by atoms with Crippen molar-refractivity contribution in [1.82, 2.24) is 15.0 Å². The van der Waals surface area contributed by atoms with E-state index in [4.69, 9.17) is 0 Å². The Labute approximate surface area is 116 Å². The van der Waals surface area contributed by atoms with Crippen molar-refractivity contribution in [2.75, 3.05) is 5.32 Å². The number of rotatable bonds is 3. The van der Waals surface area contributed by atoms with Crippen molar-refractivity contribution in [2.45, 2.75) is 6.92 Å². The van der Waals surface area contributed by atoms with Gasteiger partial charge in [0.1, 0.15) is 0 Å². The number of nitrogens with one attached hydrogen (secondary N) is 3. The number of carbonyl (C=O) groups excluding carboxylic acids is 1. The first-order valence-corrected chi connectivity index (χ1v) is 6.28. The first kappa shape index (κ1) is 12.2. The minimum absolute atomic E-state index is 0.120. The molecule has 1 aromatic carbocycles. The molecule has 3 rings (SSSR count). The largest absolute Gasteiger partial charge is 0.365 e. The number of aryl methyl sites for hydroxylation is 1. The van der Waals surface area contributed by atoms with Crippen LogP contribution in [0.15, 0.2) is 49.1 Å². The van der Waals surface area contributed by atoms with Gasteiger partial charge in [-0.05, 0) is 25.1 Å². The molecule has 0 saturated heterocycles. The quantitative estimate of drug-likeness (QED) is 0.681. The second-order valence-electron chi connectivity index (χ2n) is 4.52. The number of anilines is 1. The number of aromatic nitrogens is 3. The second kappa shape index (κ2) is 5.05. The molecule has 0 unspecified atom stereocenters. The Morgan fingerprint density at radius 3 is 2.85 bits per heavy atom. The van der Waals surface area contributed by atoms with E-state index in [2.05, 4.69) is 20.3 Å². The maximum atomic E-state index is 12.1. The molecule has 2 aromatic heterocycles. The third-order valence-corrected chi connectivity index (χ3v) is 3.13. The van der Waals surface area contributed by atoms with E-state index in [0.29, 0.717) is 5.56 Å². The molecule has 100 valence electrons. The van der Waals surface area contributed by atoms with Crippen LogP contribution in [0.2, 0.25) is 0 Å². The first-order chi connectivity index (χ1) is 9.74. The van der Waals surface area contributed by atoms with Gasteiger partial charge in [-0.25, -0.2) is 4.98 Å². The first-order valence-electron chi connectivity index (χ1n) is 6.28. The molecular weight excluding hydrogens is 252 g/mol. The standard InChI is InChI=1S/C15H14N4O/c1-10-13(5-6-17-10)15(20)19-12-4-2-3-11(7-12)14-8-16-9-18-14/h2-9,17H,1H3,(H,16,18)(H,19,20). The zero-order chi connectivity index (χ0) is 13.9. The molecule has 0 radical (unpaired) electrons. The van der Waals surface area contributed by atoms with Crippen LogP contribution in [-0.2, 0) is 0 Å². The number of hydrogen-bond donors (Lipinski definition) is 3. The smallest absolute Gasteiger partial charge is 0.257 e. The molecule has 3 N–H and O–H groups in total. The zero-order valence-corrected chi connectivity index (χ0v) is 11.0. The van der Waals surface area contributed by atoms with Crippen molar-refractivity contribution in [1.29, 1.82) is 0 Å². The summed E-state index contributed by atoms with van der Waals surface area (Å²) in [5.74, 6) is -0.120. The van der Waals surface area contributed by atoms with E-state index in [1.807, 2.05) is 31.2 Å². The summed E-state index contributed by atoms with van der Waals surface area (Å²) in [5.41, 5.74) is 4.15. The summed E-state index contributed by atoms with van der Waals surface area (Å²) in [7, 11) is 0. The van der Waals surface area contributed by atoms with E-state index in [-0.39, 0.29) is 5.91 Å².